The molecule has 0 saturated heterocycles. The molecule has 0 amide bonds. The van der Waals surface area contributed by atoms with Crippen molar-refractivity contribution in [1.29, 1.82) is 0 Å². The molecule has 13 aromatic rings. The number of rotatable bonds is 7. The molecule has 0 atom stereocenters. The first-order chi connectivity index (χ1) is 35.8. The lowest BCUT2D eigenvalue weighted by Crippen LogP contribution is -2.74. The van der Waals surface area contributed by atoms with E-state index in [2.05, 4.69) is 121 Å². The second-order valence-corrected chi connectivity index (χ2v) is 22.7. The van der Waals surface area contributed by atoms with Crippen LogP contribution in [0.2, 0.25) is 0 Å². The second-order valence-electron chi connectivity index (χ2n) is 17.1. The summed E-state index contributed by atoms with van der Waals surface area (Å²) in [4.78, 5) is -0.180. The Bertz CT molecular complexity index is 4510. The van der Waals surface area contributed by atoms with Gasteiger partial charge in [0.1, 0.15) is 0 Å². The summed E-state index contributed by atoms with van der Waals surface area (Å²) >= 11 is 0. The number of fused-ring (bicyclic) bond motifs is 13. The monoisotopic (exact) mass is 901 g/mol. The van der Waals surface area contributed by atoms with Crippen LogP contribution >= 0.6 is 0 Å². The van der Waals surface area contributed by atoms with Gasteiger partial charge >= 0.3 is 0 Å². The van der Waals surface area contributed by atoms with Crippen molar-refractivity contribution in [2.45, 2.75) is 11.8 Å². The van der Waals surface area contributed by atoms with Gasteiger partial charge in [-0.3, -0.25) is 0 Å². The molecule has 0 fully saturated rings. The topological polar surface area (TPSA) is 44.0 Å². The van der Waals surface area contributed by atoms with E-state index in [-0.39, 0.29) is 32.9 Å². The molecular formula is C61H42N2O2SSi. The summed E-state index contributed by atoms with van der Waals surface area (Å²) in [6.45, 7) is 1.81. The molecule has 318 valence electrons. The Balaban J connectivity index is 1.25. The molecule has 6 heteroatoms. The van der Waals surface area contributed by atoms with E-state index in [1.54, 1.807) is 12.1 Å². The average Bonchev–Trinajstić information content (AvgIpc) is 3.98. The van der Waals surface area contributed by atoms with E-state index in [0.717, 1.165) is 73.4 Å². The fourth-order valence-electron chi connectivity index (χ4n) is 10.7. The largest absolute Gasteiger partial charge is 0.309 e. The van der Waals surface area contributed by atoms with Crippen LogP contribution in [0, 0.1) is 6.92 Å². The van der Waals surface area contributed by atoms with E-state index < -0.39 is 59.9 Å². The summed E-state index contributed by atoms with van der Waals surface area (Å²) < 4.78 is 99.5. The molecular weight excluding hydrogens is 853 g/mol. The quantitative estimate of drug-likeness (QED) is 0.0909. The van der Waals surface area contributed by atoms with Gasteiger partial charge in [0.25, 0.3) is 10.0 Å². The zero-order valence-corrected chi connectivity index (χ0v) is 37.9. The van der Waals surface area contributed by atoms with Crippen LogP contribution in [0.4, 0.5) is 0 Å². The van der Waals surface area contributed by atoms with Crippen molar-refractivity contribution in [3.05, 3.63) is 242 Å². The van der Waals surface area contributed by atoms with Crippen LogP contribution in [0.5, 0.6) is 0 Å². The standard InChI is InChI=1S/C61H42N2O2SSi/c1-41-29-32-43(33-30-41)66(64,65)63-56-28-16-15-26-51(56)55-39-42(31-37-57(55)63)62-58-38-36-53-50-25-12-11-23-48(50)49-24-13-14-27-52(49)60(53)61(58)54-35-34-47(40-59(54)62)67(44-17-5-2-6-18-44,45-19-7-3-8-20-45)46-21-9-4-10-22-46/h2-40H,1H3/i15D,16D,26D,28D,31D,37D,39D. The normalized spacial score (nSPS) is 13.8. The third kappa shape index (κ3) is 5.73. The lowest BCUT2D eigenvalue weighted by Gasteiger charge is -2.34. The van der Waals surface area contributed by atoms with Crippen molar-refractivity contribution in [2.75, 3.05) is 0 Å². The van der Waals surface area contributed by atoms with Crippen LogP contribution < -0.4 is 20.7 Å². The van der Waals surface area contributed by atoms with E-state index in [1.165, 1.54) is 12.1 Å². The van der Waals surface area contributed by atoms with E-state index in [0.29, 0.717) is 11.0 Å². The molecule has 0 aliphatic rings. The zero-order chi connectivity index (χ0) is 50.9. The van der Waals surface area contributed by atoms with Crippen LogP contribution in [-0.2, 0) is 10.0 Å². The van der Waals surface area contributed by atoms with Gasteiger partial charge in [-0.2, -0.15) is 0 Å². The lowest BCUT2D eigenvalue weighted by atomic mass is 9.92. The molecule has 0 N–H and O–H groups in total. The summed E-state index contributed by atoms with van der Waals surface area (Å²) in [5.74, 6) is 0. The van der Waals surface area contributed by atoms with Crippen molar-refractivity contribution < 1.29 is 18.0 Å². The van der Waals surface area contributed by atoms with Gasteiger partial charge in [0.2, 0.25) is 0 Å². The third-order valence-electron chi connectivity index (χ3n) is 13.6. The molecule has 0 unspecified atom stereocenters. The Hall–Kier alpha value is -8.03. The van der Waals surface area contributed by atoms with E-state index >= 15 is 8.42 Å². The predicted molar refractivity (Wildman–Crippen MR) is 284 cm³/mol. The predicted octanol–water partition coefficient (Wildman–Crippen LogP) is 12.3. The summed E-state index contributed by atoms with van der Waals surface area (Å²) in [5, 5.41) is 11.9. The summed E-state index contributed by atoms with van der Waals surface area (Å²) in [6, 6.07) is 61.0. The fraction of sp³-hybridized carbons (Fsp3) is 0.0164. The van der Waals surface area contributed by atoms with Gasteiger partial charge in [0.15, 0.2) is 8.07 Å². The fourth-order valence-corrected chi connectivity index (χ4v) is 16.9. The van der Waals surface area contributed by atoms with Crippen molar-refractivity contribution in [2.24, 2.45) is 0 Å². The molecule has 0 bridgehead atoms. The minimum atomic E-state index is -4.71. The van der Waals surface area contributed by atoms with Crippen LogP contribution in [0.1, 0.15) is 15.2 Å². The Labute approximate surface area is 399 Å². The molecule has 2 aromatic heterocycles. The number of para-hydroxylation sites is 1. The van der Waals surface area contributed by atoms with Crippen molar-refractivity contribution in [1.82, 2.24) is 8.54 Å². The minimum absolute atomic E-state index is 0.0327. The third-order valence-corrected chi connectivity index (χ3v) is 20.1. The highest BCUT2D eigenvalue weighted by Crippen LogP contribution is 2.44. The number of benzene rings is 11. The molecule has 0 radical (unpaired) electrons. The second kappa shape index (κ2) is 15.0. The van der Waals surface area contributed by atoms with Crippen molar-refractivity contribution >= 4 is 115 Å². The van der Waals surface area contributed by atoms with Gasteiger partial charge < -0.3 is 4.57 Å². The Morgan fingerprint density at radius 3 is 1.57 bits per heavy atom. The van der Waals surface area contributed by atoms with Gasteiger partial charge in [0, 0.05) is 32.6 Å². The molecule has 2 heterocycles. The molecule has 0 aliphatic heterocycles. The summed E-state index contributed by atoms with van der Waals surface area (Å²) in [5.41, 5.74) is 1.26. The Morgan fingerprint density at radius 2 is 0.940 bits per heavy atom. The molecule has 11 aromatic carbocycles. The molecule has 4 nitrogen and oxygen atoms in total. The maximum atomic E-state index is 15.0. The maximum Gasteiger partial charge on any atom is 0.268 e. The highest BCUT2D eigenvalue weighted by Gasteiger charge is 2.42. The first-order valence-electron chi connectivity index (χ1n) is 25.7. The summed E-state index contributed by atoms with van der Waals surface area (Å²) in [7, 11) is -7.93. The SMILES string of the molecule is [2H]c1c([2H])c([2H])c2c(c1[2H])c1c([2H])c(-n3c4cc([Si](c5ccccc5)(c5ccccc5)c5ccccc5)ccc4c4c5c6ccccc6c6ccccc6c5ccc43)c([2H])c([2H])c1n2S(=O)(=O)c1ccc(C)cc1. The number of nitrogens with zero attached hydrogens (tertiary/aromatic N) is 2. The van der Waals surface area contributed by atoms with E-state index in [1.807, 2.05) is 60.0 Å². The Kier molecular flexibility index (Phi) is 7.30. The van der Waals surface area contributed by atoms with Gasteiger partial charge in [-0.05, 0) is 103 Å². The zero-order valence-electron chi connectivity index (χ0n) is 43.1. The lowest BCUT2D eigenvalue weighted by molar-refractivity contribution is 0.590. The number of aromatic nitrogens is 2. The van der Waals surface area contributed by atoms with Crippen LogP contribution in [0.15, 0.2) is 241 Å². The molecule has 0 spiro atoms. The molecule has 13 rings (SSSR count). The highest BCUT2D eigenvalue weighted by atomic mass is 32.2. The van der Waals surface area contributed by atoms with Crippen LogP contribution in [0.25, 0.3) is 81.6 Å². The van der Waals surface area contributed by atoms with Gasteiger partial charge in [-0.15, -0.1) is 0 Å². The molecule has 0 saturated carbocycles. The molecule has 0 aliphatic carbocycles. The highest BCUT2D eigenvalue weighted by molar-refractivity contribution is 7.90. The number of aryl methyl sites for hydroxylation is 1. The smallest absolute Gasteiger partial charge is 0.268 e. The van der Waals surface area contributed by atoms with Gasteiger partial charge in [-0.1, -0.05) is 194 Å². The van der Waals surface area contributed by atoms with Crippen LogP contribution in [0.3, 0.4) is 0 Å². The maximum absolute atomic E-state index is 15.0. The van der Waals surface area contributed by atoms with Gasteiger partial charge in [0.05, 0.1) is 36.6 Å². The van der Waals surface area contributed by atoms with Crippen molar-refractivity contribution in [3.63, 3.8) is 0 Å². The Morgan fingerprint density at radius 1 is 0.418 bits per heavy atom. The van der Waals surface area contributed by atoms with E-state index in [9.17, 15) is 6.85 Å². The minimum Gasteiger partial charge on any atom is -0.309 e. The van der Waals surface area contributed by atoms with Crippen molar-refractivity contribution in [3.8, 4) is 5.69 Å². The van der Waals surface area contributed by atoms with Gasteiger partial charge in [-0.25, -0.2) is 12.4 Å². The molecule has 67 heavy (non-hydrogen) atoms. The van der Waals surface area contributed by atoms with E-state index in [4.69, 9.17) is 2.74 Å². The summed E-state index contributed by atoms with van der Waals surface area (Å²) in [6.07, 6.45) is 0. The first-order valence-corrected chi connectivity index (χ1v) is 25.6. The number of hydrogen-bond acceptors (Lipinski definition) is 2. The van der Waals surface area contributed by atoms with Crippen LogP contribution in [-0.4, -0.2) is 25.0 Å². The number of hydrogen-bond donors (Lipinski definition) is 0. The average molecular weight is 902 g/mol. The first kappa shape index (κ1) is 32.6.